The Morgan fingerprint density at radius 2 is 1.66 bits per heavy atom. The Bertz CT molecular complexity index is 996. The van der Waals surface area contributed by atoms with Crippen molar-refractivity contribution in [1.82, 2.24) is 9.88 Å². The Morgan fingerprint density at radius 1 is 1.00 bits per heavy atom. The summed E-state index contributed by atoms with van der Waals surface area (Å²) in [5, 5.41) is 0.479. The molecule has 1 heterocycles. The molecule has 32 heavy (non-hydrogen) atoms. The number of carbonyl (C=O) groups excluding carboxylic acids is 1. The summed E-state index contributed by atoms with van der Waals surface area (Å²) < 4.78 is 26.0. The summed E-state index contributed by atoms with van der Waals surface area (Å²) in [6.07, 6.45) is 0. The van der Waals surface area contributed by atoms with Gasteiger partial charge >= 0.3 is 0 Å². The van der Waals surface area contributed by atoms with Gasteiger partial charge in [0.2, 0.25) is 0 Å². The van der Waals surface area contributed by atoms with Gasteiger partial charge in [-0.05, 0) is 56.4 Å². The van der Waals surface area contributed by atoms with E-state index in [2.05, 4.69) is 23.7 Å². The smallest absolute Gasteiger partial charge is 0.266 e. The molecule has 0 bridgehead atoms. The zero-order chi connectivity index (χ0) is 22.2. The number of anilines is 1. The number of thiazole rings is 1. The first-order valence-electron chi connectivity index (χ1n) is 10.5. The van der Waals surface area contributed by atoms with Crippen LogP contribution in [0, 0.1) is 5.82 Å². The van der Waals surface area contributed by atoms with E-state index < -0.39 is 0 Å². The maximum absolute atomic E-state index is 14.1. The zero-order valence-corrected chi connectivity index (χ0v) is 20.2. The largest absolute Gasteiger partial charge is 0.494 e. The van der Waals surface area contributed by atoms with Crippen LogP contribution in [-0.2, 0) is 4.79 Å². The number of aromatic nitrogens is 1. The van der Waals surface area contributed by atoms with E-state index >= 15 is 0 Å². The lowest BCUT2D eigenvalue weighted by Gasteiger charge is -2.24. The molecule has 0 aliphatic heterocycles. The highest BCUT2D eigenvalue weighted by molar-refractivity contribution is 7.22. The second-order valence-corrected chi connectivity index (χ2v) is 7.86. The molecule has 0 saturated heterocycles. The van der Waals surface area contributed by atoms with E-state index in [0.717, 1.165) is 18.8 Å². The molecule has 0 unspecified atom stereocenters. The van der Waals surface area contributed by atoms with Crippen LogP contribution in [0.3, 0.4) is 0 Å². The van der Waals surface area contributed by atoms with Gasteiger partial charge in [0.1, 0.15) is 22.8 Å². The van der Waals surface area contributed by atoms with E-state index in [4.69, 9.17) is 9.47 Å². The van der Waals surface area contributed by atoms with Crippen molar-refractivity contribution in [2.45, 2.75) is 20.8 Å². The number of likely N-dealkylation sites (N-methyl/N-ethyl adjacent to an activating group) is 1. The molecule has 3 aromatic rings. The average Bonchev–Trinajstić information content (AvgIpc) is 3.22. The van der Waals surface area contributed by atoms with Gasteiger partial charge in [0.05, 0.1) is 11.3 Å². The molecule has 0 radical (unpaired) electrons. The van der Waals surface area contributed by atoms with Crippen LogP contribution in [-0.4, -0.2) is 55.2 Å². The molecule has 174 valence electrons. The molecule has 1 aromatic heterocycles. The lowest BCUT2D eigenvalue weighted by Crippen LogP contribution is -2.41. The molecule has 0 aliphatic carbocycles. The van der Waals surface area contributed by atoms with Crippen LogP contribution in [0.4, 0.5) is 9.52 Å². The van der Waals surface area contributed by atoms with Gasteiger partial charge in [-0.3, -0.25) is 9.69 Å². The minimum atomic E-state index is -0.387. The summed E-state index contributed by atoms with van der Waals surface area (Å²) in [6.45, 7) is 9.45. The van der Waals surface area contributed by atoms with Gasteiger partial charge in [-0.25, -0.2) is 9.37 Å². The minimum absolute atomic E-state index is 0. The van der Waals surface area contributed by atoms with Gasteiger partial charge in [-0.1, -0.05) is 31.3 Å². The van der Waals surface area contributed by atoms with Crippen molar-refractivity contribution in [3.63, 3.8) is 0 Å². The third-order valence-electron chi connectivity index (χ3n) is 4.92. The van der Waals surface area contributed by atoms with E-state index in [1.807, 2.05) is 13.0 Å². The number of para-hydroxylation sites is 1. The fraction of sp³-hybridized carbons (Fsp3) is 0.391. The number of halogens is 2. The number of hydrogen-bond acceptors (Lipinski definition) is 6. The summed E-state index contributed by atoms with van der Waals surface area (Å²) >= 11 is 1.31. The van der Waals surface area contributed by atoms with Crippen LogP contribution in [0.1, 0.15) is 20.8 Å². The normalized spacial score (nSPS) is 10.8. The van der Waals surface area contributed by atoms with Crippen molar-refractivity contribution < 1.29 is 18.7 Å². The van der Waals surface area contributed by atoms with Gasteiger partial charge in [0.15, 0.2) is 11.7 Å². The van der Waals surface area contributed by atoms with Crippen LogP contribution < -0.4 is 14.4 Å². The number of amides is 1. The predicted octanol–water partition coefficient (Wildman–Crippen LogP) is 5.01. The number of carbonyl (C=O) groups is 1. The van der Waals surface area contributed by atoms with Crippen LogP contribution in [0.5, 0.6) is 11.5 Å². The molecule has 0 spiro atoms. The summed E-state index contributed by atoms with van der Waals surface area (Å²) in [6, 6.07) is 12.0. The molecule has 3 rings (SSSR count). The van der Waals surface area contributed by atoms with Crippen LogP contribution in [0.2, 0.25) is 0 Å². The molecule has 2 aromatic carbocycles. The topological polar surface area (TPSA) is 54.9 Å². The number of fused-ring (bicyclic) bond motifs is 1. The fourth-order valence-electron chi connectivity index (χ4n) is 3.15. The van der Waals surface area contributed by atoms with Gasteiger partial charge < -0.3 is 14.4 Å². The number of hydrogen-bond donors (Lipinski definition) is 0. The quantitative estimate of drug-likeness (QED) is 0.385. The molecular weight excluding hydrogens is 453 g/mol. The summed E-state index contributed by atoms with van der Waals surface area (Å²) in [4.78, 5) is 21.3. The van der Waals surface area contributed by atoms with Gasteiger partial charge in [0.25, 0.3) is 5.91 Å². The van der Waals surface area contributed by atoms with E-state index in [0.29, 0.717) is 35.3 Å². The molecule has 0 saturated carbocycles. The van der Waals surface area contributed by atoms with Crippen LogP contribution in [0.25, 0.3) is 10.2 Å². The maximum Gasteiger partial charge on any atom is 0.266 e. The fourth-order valence-corrected chi connectivity index (χ4v) is 4.17. The third-order valence-corrected chi connectivity index (χ3v) is 5.97. The Morgan fingerprint density at radius 3 is 2.25 bits per heavy atom. The average molecular weight is 482 g/mol. The van der Waals surface area contributed by atoms with Crippen molar-refractivity contribution >= 4 is 45.0 Å². The van der Waals surface area contributed by atoms with Crippen molar-refractivity contribution in [2.75, 3.05) is 44.3 Å². The first kappa shape index (κ1) is 25.8. The van der Waals surface area contributed by atoms with Crippen molar-refractivity contribution in [3.8, 4) is 11.5 Å². The summed E-state index contributed by atoms with van der Waals surface area (Å²) in [5.41, 5.74) is 0.288. The van der Waals surface area contributed by atoms with Crippen LogP contribution in [0.15, 0.2) is 42.5 Å². The minimum Gasteiger partial charge on any atom is -0.494 e. The second-order valence-electron chi connectivity index (χ2n) is 6.85. The Labute approximate surface area is 198 Å². The highest BCUT2D eigenvalue weighted by atomic mass is 35.5. The molecule has 0 atom stereocenters. The molecule has 6 nitrogen and oxygen atoms in total. The molecule has 0 N–H and O–H groups in total. The number of nitrogens with zero attached hydrogens (tertiary/aromatic N) is 3. The summed E-state index contributed by atoms with van der Waals surface area (Å²) in [5.74, 6) is 0.719. The summed E-state index contributed by atoms with van der Waals surface area (Å²) in [7, 11) is 0. The molecular formula is C23H29ClFN3O3S. The third kappa shape index (κ3) is 6.54. The van der Waals surface area contributed by atoms with E-state index in [1.165, 1.54) is 17.4 Å². The number of benzene rings is 2. The predicted molar refractivity (Wildman–Crippen MR) is 130 cm³/mol. The lowest BCUT2D eigenvalue weighted by molar-refractivity contribution is -0.120. The van der Waals surface area contributed by atoms with E-state index in [-0.39, 0.29) is 36.3 Å². The van der Waals surface area contributed by atoms with Crippen LogP contribution >= 0.6 is 23.7 Å². The van der Waals surface area contributed by atoms with Gasteiger partial charge in [0, 0.05) is 13.1 Å². The second kappa shape index (κ2) is 12.6. The highest BCUT2D eigenvalue weighted by Crippen LogP contribution is 2.30. The van der Waals surface area contributed by atoms with E-state index in [1.54, 1.807) is 35.2 Å². The Hall–Kier alpha value is -2.42. The first-order chi connectivity index (χ1) is 15.0. The Kier molecular flexibility index (Phi) is 10.2. The molecule has 0 fully saturated rings. The maximum atomic E-state index is 14.1. The number of rotatable bonds is 11. The SMILES string of the molecule is CCOc1ccc(OCC(=O)N(CCN(CC)CC)c2nc3c(F)cccc3s2)cc1.Cl. The standard InChI is InChI=1S/C23H28FN3O3S.ClH/c1-4-26(5-2)14-15-27(23-25-22-19(24)8-7-9-20(22)31-23)21(28)16-30-18-12-10-17(11-13-18)29-6-3;/h7-13H,4-6,14-16H2,1-3H3;1H. The molecule has 0 aliphatic rings. The van der Waals surface area contributed by atoms with Crippen molar-refractivity contribution in [3.05, 3.63) is 48.3 Å². The molecule has 1 amide bonds. The van der Waals surface area contributed by atoms with E-state index in [9.17, 15) is 9.18 Å². The highest BCUT2D eigenvalue weighted by Gasteiger charge is 2.22. The first-order valence-corrected chi connectivity index (χ1v) is 11.3. The van der Waals surface area contributed by atoms with Gasteiger partial charge in [-0.15, -0.1) is 12.4 Å². The van der Waals surface area contributed by atoms with Gasteiger partial charge in [-0.2, -0.15) is 0 Å². The molecule has 9 heteroatoms. The monoisotopic (exact) mass is 481 g/mol. The zero-order valence-electron chi connectivity index (χ0n) is 18.5. The lowest BCUT2D eigenvalue weighted by atomic mass is 10.3. The van der Waals surface area contributed by atoms with Crippen molar-refractivity contribution in [2.24, 2.45) is 0 Å². The number of ether oxygens (including phenoxy) is 2. The Balaban J connectivity index is 0.00000363. The van der Waals surface area contributed by atoms with Crippen molar-refractivity contribution in [1.29, 1.82) is 0 Å².